The molecule has 0 aliphatic heterocycles. The highest BCUT2D eigenvalue weighted by Gasteiger charge is 2.29. The van der Waals surface area contributed by atoms with E-state index in [2.05, 4.69) is 25.4 Å². The summed E-state index contributed by atoms with van der Waals surface area (Å²) in [5, 5.41) is 13.3. The van der Waals surface area contributed by atoms with Crippen molar-refractivity contribution in [3.63, 3.8) is 0 Å². The molecule has 0 bridgehead atoms. The van der Waals surface area contributed by atoms with E-state index in [9.17, 15) is 22.0 Å². The number of nitrogens with one attached hydrogen (secondary N) is 1. The number of benzene rings is 2. The lowest BCUT2D eigenvalue weighted by molar-refractivity contribution is -0.137. The van der Waals surface area contributed by atoms with E-state index in [-0.39, 0.29) is 18.0 Å². The van der Waals surface area contributed by atoms with Crippen LogP contribution in [0.2, 0.25) is 0 Å². The molecule has 2 aromatic carbocycles. The molecule has 0 atom stereocenters. The summed E-state index contributed by atoms with van der Waals surface area (Å²) in [4.78, 5) is 0. The van der Waals surface area contributed by atoms with Crippen molar-refractivity contribution in [3.05, 3.63) is 59.2 Å². The van der Waals surface area contributed by atoms with E-state index in [1.54, 1.807) is 0 Å². The predicted molar refractivity (Wildman–Crippen MR) is 80.5 cm³/mol. The minimum Gasteiger partial charge on any atom is -0.435 e. The zero-order valence-electron chi connectivity index (χ0n) is 13.0. The van der Waals surface area contributed by atoms with E-state index in [0.29, 0.717) is 16.7 Å². The van der Waals surface area contributed by atoms with E-state index in [0.717, 1.165) is 12.1 Å². The van der Waals surface area contributed by atoms with E-state index in [1.807, 2.05) is 0 Å². The summed E-state index contributed by atoms with van der Waals surface area (Å²) in [6.45, 7) is -2.99. The number of rotatable bonds is 5. The molecule has 26 heavy (non-hydrogen) atoms. The summed E-state index contributed by atoms with van der Waals surface area (Å²) in [6.07, 6.45) is -4.17. The normalized spacial score (nSPS) is 11.8. The van der Waals surface area contributed by atoms with Crippen LogP contribution >= 0.6 is 0 Å². The first-order valence-electron chi connectivity index (χ1n) is 7.30. The zero-order valence-corrected chi connectivity index (χ0v) is 13.0. The van der Waals surface area contributed by atoms with Gasteiger partial charge in [0, 0.05) is 5.56 Å². The van der Waals surface area contributed by atoms with Crippen LogP contribution in [0, 0.1) is 0 Å². The summed E-state index contributed by atoms with van der Waals surface area (Å²) < 4.78 is 67.1. The van der Waals surface area contributed by atoms with Gasteiger partial charge in [-0.25, -0.2) is 0 Å². The fourth-order valence-electron chi connectivity index (χ4n) is 2.40. The van der Waals surface area contributed by atoms with Crippen LogP contribution in [-0.4, -0.2) is 27.2 Å². The molecule has 3 aromatic rings. The number of ether oxygens (including phenoxy) is 1. The maximum Gasteiger partial charge on any atom is 0.416 e. The average molecular weight is 370 g/mol. The largest absolute Gasteiger partial charge is 0.435 e. The third kappa shape index (κ3) is 4.13. The van der Waals surface area contributed by atoms with Gasteiger partial charge in [0.05, 0.1) is 5.56 Å². The summed E-state index contributed by atoms with van der Waals surface area (Å²) in [7, 11) is 0. The van der Waals surface area contributed by atoms with Gasteiger partial charge in [-0.1, -0.05) is 18.2 Å². The van der Waals surface area contributed by atoms with E-state index < -0.39 is 18.4 Å². The van der Waals surface area contributed by atoms with Gasteiger partial charge in [0.15, 0.2) is 0 Å². The van der Waals surface area contributed by atoms with Gasteiger partial charge in [-0.15, -0.1) is 10.2 Å². The fourth-order valence-corrected chi connectivity index (χ4v) is 2.40. The smallest absolute Gasteiger partial charge is 0.416 e. The predicted octanol–water partition coefficient (Wildman–Crippen LogP) is 4.08. The number of hydrogen-bond donors (Lipinski definition) is 1. The molecular weight excluding hydrogens is 359 g/mol. The Morgan fingerprint density at radius 1 is 1.04 bits per heavy atom. The summed E-state index contributed by atoms with van der Waals surface area (Å²) >= 11 is 0. The molecule has 10 heteroatoms. The Hall–Kier alpha value is -3.04. The van der Waals surface area contributed by atoms with Gasteiger partial charge in [0.25, 0.3) is 0 Å². The number of alkyl halides is 5. The number of aromatic nitrogens is 4. The molecule has 0 aliphatic rings. The third-order valence-corrected chi connectivity index (χ3v) is 3.57. The fraction of sp³-hybridized carbons (Fsp3) is 0.188. The number of H-pyrrole nitrogens is 1. The van der Waals surface area contributed by atoms with E-state index in [1.165, 1.54) is 30.3 Å². The van der Waals surface area contributed by atoms with Crippen molar-refractivity contribution in [1.82, 2.24) is 20.6 Å². The van der Waals surface area contributed by atoms with Crippen LogP contribution < -0.4 is 4.74 Å². The molecule has 0 spiro atoms. The Kier molecular flexibility index (Phi) is 4.83. The first-order chi connectivity index (χ1) is 12.3. The number of nitrogens with zero attached hydrogens (tertiary/aromatic N) is 3. The van der Waals surface area contributed by atoms with Crippen molar-refractivity contribution in [2.75, 3.05) is 0 Å². The van der Waals surface area contributed by atoms with E-state index in [4.69, 9.17) is 0 Å². The standard InChI is InChI=1S/C16H11F5N4O/c17-15(18)26-12-6-3-10(13(8-12)14-22-24-25-23-14)7-9-1-4-11(5-2-9)16(19,20)21/h1-6,8,15H,7H2,(H,22,23,24,25). The lowest BCUT2D eigenvalue weighted by Gasteiger charge is -2.11. The highest BCUT2D eigenvalue weighted by molar-refractivity contribution is 5.63. The first kappa shape index (κ1) is 17.8. The maximum absolute atomic E-state index is 12.6. The molecule has 0 fully saturated rings. The van der Waals surface area contributed by atoms with Gasteiger partial charge in [0.1, 0.15) is 5.75 Å². The zero-order chi connectivity index (χ0) is 18.7. The molecule has 0 saturated carbocycles. The number of tetrazole rings is 1. The van der Waals surface area contributed by atoms with Crippen LogP contribution in [-0.2, 0) is 12.6 Å². The van der Waals surface area contributed by atoms with Gasteiger partial charge in [-0.05, 0) is 47.0 Å². The lowest BCUT2D eigenvalue weighted by atomic mass is 9.98. The molecule has 1 N–H and O–H groups in total. The van der Waals surface area contributed by atoms with Gasteiger partial charge < -0.3 is 4.74 Å². The Bertz CT molecular complexity index is 863. The minimum absolute atomic E-state index is 0.0871. The van der Waals surface area contributed by atoms with Crippen molar-refractivity contribution in [1.29, 1.82) is 0 Å². The second kappa shape index (κ2) is 7.06. The maximum atomic E-state index is 12.6. The number of hydrogen-bond acceptors (Lipinski definition) is 4. The molecule has 0 aliphatic carbocycles. The van der Waals surface area contributed by atoms with Crippen LogP contribution in [0.3, 0.4) is 0 Å². The average Bonchev–Trinajstić information content (AvgIpc) is 3.10. The quantitative estimate of drug-likeness (QED) is 0.688. The van der Waals surface area contributed by atoms with Gasteiger partial charge >= 0.3 is 12.8 Å². The van der Waals surface area contributed by atoms with Crippen molar-refractivity contribution >= 4 is 0 Å². The second-order valence-electron chi connectivity index (χ2n) is 5.30. The molecule has 0 radical (unpaired) electrons. The second-order valence-corrected chi connectivity index (χ2v) is 5.30. The van der Waals surface area contributed by atoms with Crippen LogP contribution in [0.1, 0.15) is 16.7 Å². The van der Waals surface area contributed by atoms with Crippen molar-refractivity contribution < 1.29 is 26.7 Å². The molecule has 3 rings (SSSR count). The monoisotopic (exact) mass is 370 g/mol. The minimum atomic E-state index is -4.41. The Morgan fingerprint density at radius 3 is 2.35 bits per heavy atom. The summed E-state index contributed by atoms with van der Waals surface area (Å²) in [5.41, 5.74) is 0.857. The highest BCUT2D eigenvalue weighted by Crippen LogP contribution is 2.31. The van der Waals surface area contributed by atoms with Crippen molar-refractivity contribution in [3.8, 4) is 17.1 Å². The van der Waals surface area contributed by atoms with Gasteiger partial charge in [0.2, 0.25) is 5.82 Å². The van der Waals surface area contributed by atoms with Crippen molar-refractivity contribution in [2.45, 2.75) is 19.2 Å². The van der Waals surface area contributed by atoms with Crippen molar-refractivity contribution in [2.24, 2.45) is 0 Å². The third-order valence-electron chi connectivity index (χ3n) is 3.57. The molecule has 0 saturated heterocycles. The molecule has 0 amide bonds. The van der Waals surface area contributed by atoms with E-state index >= 15 is 0 Å². The van der Waals surface area contributed by atoms with Gasteiger partial charge in [-0.2, -0.15) is 27.2 Å². The SMILES string of the molecule is FC(F)Oc1ccc(Cc2ccc(C(F)(F)F)cc2)c(-c2nn[nH]n2)c1. The molecule has 1 heterocycles. The Balaban J connectivity index is 1.91. The van der Waals surface area contributed by atoms with Crippen LogP contribution in [0.5, 0.6) is 5.75 Å². The summed E-state index contributed by atoms with van der Waals surface area (Å²) in [6, 6.07) is 8.88. The van der Waals surface area contributed by atoms with Gasteiger partial charge in [-0.3, -0.25) is 0 Å². The first-order valence-corrected chi connectivity index (χ1v) is 7.30. The summed E-state index contributed by atoms with van der Waals surface area (Å²) in [5.74, 6) is 0.0718. The van der Waals surface area contributed by atoms with Crippen LogP contribution in [0.4, 0.5) is 22.0 Å². The Morgan fingerprint density at radius 2 is 1.77 bits per heavy atom. The molecule has 136 valence electrons. The molecule has 5 nitrogen and oxygen atoms in total. The molecule has 1 aromatic heterocycles. The Labute approximate surface area is 143 Å². The highest BCUT2D eigenvalue weighted by atomic mass is 19.4. The van der Waals surface area contributed by atoms with Crippen LogP contribution in [0.15, 0.2) is 42.5 Å². The number of aromatic amines is 1. The molecular formula is C16H11F5N4O. The topological polar surface area (TPSA) is 63.7 Å². The molecule has 0 unspecified atom stereocenters. The number of halogens is 5. The lowest BCUT2D eigenvalue weighted by Crippen LogP contribution is -2.05. The van der Waals surface area contributed by atoms with Crippen LogP contribution in [0.25, 0.3) is 11.4 Å².